The smallest absolute Gasteiger partial charge is 0.137 e. The summed E-state index contributed by atoms with van der Waals surface area (Å²) >= 11 is 0. The Bertz CT molecular complexity index is 674. The molecule has 0 aliphatic carbocycles. The van der Waals surface area contributed by atoms with E-state index in [0.29, 0.717) is 0 Å². The first-order valence-corrected chi connectivity index (χ1v) is 5.83. The van der Waals surface area contributed by atoms with Crippen LogP contribution in [0.1, 0.15) is 18.7 Å². The molecule has 18 heavy (non-hydrogen) atoms. The SMILES string of the molecule is CC(O)c1c(-c2ccncc2)nc2ccccn12. The zero-order valence-corrected chi connectivity index (χ0v) is 9.99. The number of rotatable bonds is 2. The van der Waals surface area contributed by atoms with E-state index < -0.39 is 6.10 Å². The van der Waals surface area contributed by atoms with Gasteiger partial charge in [0.15, 0.2) is 0 Å². The second kappa shape index (κ2) is 4.23. The maximum Gasteiger partial charge on any atom is 0.137 e. The van der Waals surface area contributed by atoms with E-state index in [1.807, 2.05) is 40.9 Å². The molecule has 1 unspecified atom stereocenters. The molecule has 3 aromatic heterocycles. The normalized spacial score (nSPS) is 12.8. The van der Waals surface area contributed by atoms with Crippen LogP contribution in [-0.4, -0.2) is 19.5 Å². The quantitative estimate of drug-likeness (QED) is 0.747. The van der Waals surface area contributed by atoms with Crippen LogP contribution in [0.3, 0.4) is 0 Å². The van der Waals surface area contributed by atoms with Crippen LogP contribution in [-0.2, 0) is 0 Å². The van der Waals surface area contributed by atoms with Crippen LogP contribution in [0.2, 0.25) is 0 Å². The van der Waals surface area contributed by atoms with E-state index in [1.165, 1.54) is 0 Å². The molecule has 0 aliphatic heterocycles. The number of imidazole rings is 1. The average Bonchev–Trinajstić information content (AvgIpc) is 2.79. The fraction of sp³-hybridized carbons (Fsp3) is 0.143. The Kier molecular flexibility index (Phi) is 2.57. The Morgan fingerprint density at radius 3 is 2.67 bits per heavy atom. The van der Waals surface area contributed by atoms with Crippen LogP contribution in [0.4, 0.5) is 0 Å². The highest BCUT2D eigenvalue weighted by molar-refractivity contribution is 5.66. The summed E-state index contributed by atoms with van der Waals surface area (Å²) in [6, 6.07) is 9.58. The van der Waals surface area contributed by atoms with Crippen LogP contribution in [0.5, 0.6) is 0 Å². The van der Waals surface area contributed by atoms with E-state index in [2.05, 4.69) is 9.97 Å². The van der Waals surface area contributed by atoms with Gasteiger partial charge in [0.2, 0.25) is 0 Å². The van der Waals surface area contributed by atoms with Crippen molar-refractivity contribution >= 4 is 5.65 Å². The number of hydrogen-bond acceptors (Lipinski definition) is 3. The predicted octanol–water partition coefficient (Wildman–Crippen LogP) is 2.45. The van der Waals surface area contributed by atoms with Gasteiger partial charge in [0.1, 0.15) is 5.65 Å². The molecule has 0 saturated carbocycles. The standard InChI is InChI=1S/C14H13N3O/c1-10(18)14-13(11-5-7-15-8-6-11)16-12-4-2-3-9-17(12)14/h2-10,18H,1H3. The summed E-state index contributed by atoms with van der Waals surface area (Å²) in [5, 5.41) is 9.98. The number of aliphatic hydroxyl groups excluding tert-OH is 1. The first kappa shape index (κ1) is 10.9. The van der Waals surface area contributed by atoms with Gasteiger partial charge in [0.25, 0.3) is 0 Å². The zero-order chi connectivity index (χ0) is 12.5. The van der Waals surface area contributed by atoms with Crippen molar-refractivity contribution in [2.24, 2.45) is 0 Å². The highest BCUT2D eigenvalue weighted by Crippen LogP contribution is 2.28. The van der Waals surface area contributed by atoms with Crippen LogP contribution in [0.25, 0.3) is 16.9 Å². The number of hydrogen-bond donors (Lipinski definition) is 1. The van der Waals surface area contributed by atoms with Gasteiger partial charge in [-0.25, -0.2) is 4.98 Å². The number of fused-ring (bicyclic) bond motifs is 1. The van der Waals surface area contributed by atoms with Crippen LogP contribution >= 0.6 is 0 Å². The fourth-order valence-corrected chi connectivity index (χ4v) is 2.14. The maximum atomic E-state index is 9.98. The van der Waals surface area contributed by atoms with E-state index in [0.717, 1.165) is 22.6 Å². The van der Waals surface area contributed by atoms with E-state index >= 15 is 0 Å². The first-order valence-electron chi connectivity index (χ1n) is 5.83. The van der Waals surface area contributed by atoms with Crippen molar-refractivity contribution in [2.45, 2.75) is 13.0 Å². The third-order valence-corrected chi connectivity index (χ3v) is 2.92. The molecule has 4 nitrogen and oxygen atoms in total. The number of nitrogens with zero attached hydrogens (tertiary/aromatic N) is 3. The van der Waals surface area contributed by atoms with E-state index in [-0.39, 0.29) is 0 Å². The molecule has 3 heterocycles. The summed E-state index contributed by atoms with van der Waals surface area (Å²) in [6.45, 7) is 1.75. The van der Waals surface area contributed by atoms with E-state index in [9.17, 15) is 5.11 Å². The number of pyridine rings is 2. The van der Waals surface area contributed by atoms with E-state index in [4.69, 9.17) is 0 Å². The van der Waals surface area contributed by atoms with Gasteiger partial charge in [-0.3, -0.25) is 4.98 Å². The molecule has 0 amide bonds. The van der Waals surface area contributed by atoms with E-state index in [1.54, 1.807) is 19.3 Å². The molecular formula is C14H13N3O. The zero-order valence-electron chi connectivity index (χ0n) is 9.99. The molecule has 90 valence electrons. The van der Waals surface area contributed by atoms with Gasteiger partial charge < -0.3 is 9.51 Å². The lowest BCUT2D eigenvalue weighted by Crippen LogP contribution is -1.99. The van der Waals surface area contributed by atoms with Crippen molar-refractivity contribution in [3.63, 3.8) is 0 Å². The van der Waals surface area contributed by atoms with Gasteiger partial charge in [-0.2, -0.15) is 0 Å². The maximum absolute atomic E-state index is 9.98. The second-order valence-electron chi connectivity index (χ2n) is 4.19. The molecule has 1 atom stereocenters. The van der Waals surface area contributed by atoms with Crippen LogP contribution < -0.4 is 0 Å². The topological polar surface area (TPSA) is 50.4 Å². The van der Waals surface area contributed by atoms with Crippen LogP contribution in [0, 0.1) is 0 Å². The van der Waals surface area contributed by atoms with Crippen molar-refractivity contribution in [1.82, 2.24) is 14.4 Å². The molecule has 0 aliphatic rings. The first-order chi connectivity index (χ1) is 8.77. The fourth-order valence-electron chi connectivity index (χ4n) is 2.14. The average molecular weight is 239 g/mol. The summed E-state index contributed by atoms with van der Waals surface area (Å²) in [5.41, 5.74) is 3.40. The molecule has 1 N–H and O–H groups in total. The Labute approximate surface area is 105 Å². The van der Waals surface area contributed by atoms with Crippen molar-refractivity contribution in [1.29, 1.82) is 0 Å². The highest BCUT2D eigenvalue weighted by Gasteiger charge is 2.17. The lowest BCUT2D eigenvalue weighted by atomic mass is 10.1. The van der Waals surface area contributed by atoms with Gasteiger partial charge in [0, 0.05) is 24.2 Å². The molecule has 3 aromatic rings. The Morgan fingerprint density at radius 1 is 1.17 bits per heavy atom. The van der Waals surface area contributed by atoms with Gasteiger partial charge in [-0.05, 0) is 31.2 Å². The van der Waals surface area contributed by atoms with Crippen LogP contribution in [0.15, 0.2) is 48.9 Å². The molecule has 0 spiro atoms. The van der Waals surface area contributed by atoms with Crippen molar-refractivity contribution in [3.8, 4) is 11.3 Å². The van der Waals surface area contributed by atoms with Crippen molar-refractivity contribution in [2.75, 3.05) is 0 Å². The minimum Gasteiger partial charge on any atom is -0.387 e. The highest BCUT2D eigenvalue weighted by atomic mass is 16.3. The molecule has 0 aromatic carbocycles. The van der Waals surface area contributed by atoms with Gasteiger partial charge in [-0.1, -0.05) is 6.07 Å². The third-order valence-electron chi connectivity index (χ3n) is 2.92. The van der Waals surface area contributed by atoms with Gasteiger partial charge >= 0.3 is 0 Å². The molecular weight excluding hydrogens is 226 g/mol. The van der Waals surface area contributed by atoms with Crippen molar-refractivity contribution in [3.05, 3.63) is 54.6 Å². The molecule has 0 bridgehead atoms. The van der Waals surface area contributed by atoms with Gasteiger partial charge in [-0.15, -0.1) is 0 Å². The summed E-state index contributed by atoms with van der Waals surface area (Å²) in [5.74, 6) is 0. The minimum atomic E-state index is -0.578. The summed E-state index contributed by atoms with van der Waals surface area (Å²) < 4.78 is 1.92. The summed E-state index contributed by atoms with van der Waals surface area (Å²) in [7, 11) is 0. The second-order valence-corrected chi connectivity index (χ2v) is 4.19. The Hall–Kier alpha value is -2.20. The minimum absolute atomic E-state index is 0.578. The Morgan fingerprint density at radius 2 is 1.94 bits per heavy atom. The number of aliphatic hydroxyl groups is 1. The molecule has 0 saturated heterocycles. The Balaban J connectivity index is 2.32. The summed E-state index contributed by atoms with van der Waals surface area (Å²) in [4.78, 5) is 8.58. The predicted molar refractivity (Wildman–Crippen MR) is 69.1 cm³/mol. The molecule has 0 radical (unpaired) electrons. The monoisotopic (exact) mass is 239 g/mol. The van der Waals surface area contributed by atoms with Gasteiger partial charge in [0.05, 0.1) is 17.5 Å². The summed E-state index contributed by atoms with van der Waals surface area (Å²) in [6.07, 6.45) is 4.79. The lowest BCUT2D eigenvalue weighted by molar-refractivity contribution is 0.194. The largest absolute Gasteiger partial charge is 0.387 e. The molecule has 0 fully saturated rings. The molecule has 4 heteroatoms. The number of aromatic nitrogens is 3. The van der Waals surface area contributed by atoms with Crippen molar-refractivity contribution < 1.29 is 5.11 Å². The molecule has 3 rings (SSSR count). The lowest BCUT2D eigenvalue weighted by Gasteiger charge is -2.07. The third kappa shape index (κ3) is 1.67.